The van der Waals surface area contributed by atoms with Gasteiger partial charge in [-0.1, -0.05) is 17.7 Å². The lowest BCUT2D eigenvalue weighted by Crippen LogP contribution is -2.17. The number of halogens is 5. The van der Waals surface area contributed by atoms with E-state index in [1.807, 2.05) is 0 Å². The van der Waals surface area contributed by atoms with E-state index in [-0.39, 0.29) is 24.0 Å². The number of hydrogen-bond donors (Lipinski definition) is 1. The molecule has 0 aliphatic carbocycles. The topological polar surface area (TPSA) is 35.2 Å². The highest BCUT2D eigenvalue weighted by Gasteiger charge is 2.31. The Morgan fingerprint density at radius 2 is 1.93 bits per heavy atom. The van der Waals surface area contributed by atoms with Crippen LogP contribution in [0.1, 0.15) is 5.56 Å². The lowest BCUT2D eigenvalue weighted by Gasteiger charge is -2.10. The number of alkyl halides is 3. The third kappa shape index (κ3) is 4.59. The molecule has 0 unspecified atom stereocenters. The van der Waals surface area contributed by atoms with Crippen LogP contribution in [-0.4, -0.2) is 6.36 Å². The summed E-state index contributed by atoms with van der Waals surface area (Å²) >= 11 is 5.53. The highest BCUT2D eigenvalue weighted by molar-refractivity contribution is 6.32. The Kier molecular flexibility index (Phi) is 5.20. The molecular formula is C8H8Cl2F3NO. The molecule has 1 rings (SSSR count). The van der Waals surface area contributed by atoms with E-state index in [0.29, 0.717) is 5.56 Å². The average Bonchev–Trinajstić information content (AvgIpc) is 2.06. The zero-order valence-corrected chi connectivity index (χ0v) is 8.92. The molecule has 0 amide bonds. The van der Waals surface area contributed by atoms with E-state index in [1.54, 1.807) is 0 Å². The van der Waals surface area contributed by atoms with Gasteiger partial charge in [-0.05, 0) is 17.7 Å². The van der Waals surface area contributed by atoms with Gasteiger partial charge in [0.2, 0.25) is 0 Å². The van der Waals surface area contributed by atoms with E-state index < -0.39 is 12.1 Å². The summed E-state index contributed by atoms with van der Waals surface area (Å²) in [5.74, 6) is -0.420. The zero-order valence-electron chi connectivity index (χ0n) is 7.34. The number of ether oxygens (including phenoxy) is 1. The summed E-state index contributed by atoms with van der Waals surface area (Å²) in [5, 5.41) is -0.106. The minimum absolute atomic E-state index is 0. The maximum Gasteiger partial charge on any atom is 0.573 e. The van der Waals surface area contributed by atoms with Crippen LogP contribution in [0.3, 0.4) is 0 Å². The minimum atomic E-state index is -4.73. The van der Waals surface area contributed by atoms with Crippen LogP contribution in [-0.2, 0) is 6.54 Å². The molecule has 0 aliphatic rings. The monoisotopic (exact) mass is 261 g/mol. The second kappa shape index (κ2) is 5.44. The molecule has 0 saturated carbocycles. The van der Waals surface area contributed by atoms with E-state index in [2.05, 4.69) is 4.74 Å². The van der Waals surface area contributed by atoms with Crippen molar-refractivity contribution in [3.8, 4) is 5.75 Å². The molecule has 86 valence electrons. The van der Waals surface area contributed by atoms with Gasteiger partial charge >= 0.3 is 6.36 Å². The van der Waals surface area contributed by atoms with E-state index in [4.69, 9.17) is 17.3 Å². The van der Waals surface area contributed by atoms with Gasteiger partial charge in [0.15, 0.2) is 0 Å². The van der Waals surface area contributed by atoms with Crippen molar-refractivity contribution in [2.24, 2.45) is 5.73 Å². The fourth-order valence-corrected chi connectivity index (χ4v) is 1.12. The van der Waals surface area contributed by atoms with E-state index in [9.17, 15) is 13.2 Å². The smallest absolute Gasteiger partial charge is 0.404 e. The molecule has 2 N–H and O–H groups in total. The second-order valence-electron chi connectivity index (χ2n) is 2.52. The van der Waals surface area contributed by atoms with E-state index >= 15 is 0 Å². The normalized spacial score (nSPS) is 10.7. The maximum atomic E-state index is 11.8. The highest BCUT2D eigenvalue weighted by Crippen LogP contribution is 2.30. The molecule has 0 aromatic heterocycles. The van der Waals surface area contributed by atoms with E-state index in [1.165, 1.54) is 12.1 Å². The Bertz CT molecular complexity index is 330. The fraction of sp³-hybridized carbons (Fsp3) is 0.250. The van der Waals surface area contributed by atoms with Crippen molar-refractivity contribution in [1.82, 2.24) is 0 Å². The predicted molar refractivity (Wildman–Crippen MR) is 53.3 cm³/mol. The molecule has 1 aromatic rings. The lowest BCUT2D eigenvalue weighted by atomic mass is 10.2. The van der Waals surface area contributed by atoms with Gasteiger partial charge in [0.05, 0.1) is 5.02 Å². The molecule has 1 aromatic carbocycles. The number of hydrogen-bond acceptors (Lipinski definition) is 2. The largest absolute Gasteiger partial charge is 0.573 e. The first-order valence-corrected chi connectivity index (χ1v) is 4.04. The molecule has 0 bridgehead atoms. The van der Waals surface area contributed by atoms with Gasteiger partial charge in [-0.25, -0.2) is 0 Å². The predicted octanol–water partition coefficient (Wildman–Crippen LogP) is 3.12. The van der Waals surface area contributed by atoms with Gasteiger partial charge in [-0.15, -0.1) is 25.6 Å². The maximum absolute atomic E-state index is 11.8. The number of rotatable bonds is 2. The third-order valence-corrected chi connectivity index (χ3v) is 1.75. The van der Waals surface area contributed by atoms with Crippen molar-refractivity contribution >= 4 is 24.0 Å². The third-order valence-electron chi connectivity index (χ3n) is 1.46. The van der Waals surface area contributed by atoms with Crippen LogP contribution >= 0.6 is 24.0 Å². The van der Waals surface area contributed by atoms with Gasteiger partial charge in [-0.3, -0.25) is 0 Å². The van der Waals surface area contributed by atoms with Crippen molar-refractivity contribution in [1.29, 1.82) is 0 Å². The highest BCUT2D eigenvalue weighted by atomic mass is 35.5. The standard InChI is InChI=1S/C8H7ClF3NO.ClH/c9-6-3-5(4-13)1-2-7(6)14-8(10,11)12;/h1-3H,4,13H2;1H. The quantitative estimate of drug-likeness (QED) is 0.888. The summed E-state index contributed by atoms with van der Waals surface area (Å²) in [5.41, 5.74) is 5.92. The van der Waals surface area contributed by atoms with Crippen LogP contribution in [0.15, 0.2) is 18.2 Å². The van der Waals surface area contributed by atoms with Gasteiger partial charge in [-0.2, -0.15) is 0 Å². The van der Waals surface area contributed by atoms with Gasteiger partial charge < -0.3 is 10.5 Å². The minimum Gasteiger partial charge on any atom is -0.404 e. The van der Waals surface area contributed by atoms with Crippen LogP contribution in [0.5, 0.6) is 5.75 Å². The Hall–Kier alpha value is -0.650. The molecular weight excluding hydrogens is 254 g/mol. The van der Waals surface area contributed by atoms with Crippen LogP contribution < -0.4 is 10.5 Å². The van der Waals surface area contributed by atoms with Crippen molar-refractivity contribution < 1.29 is 17.9 Å². The summed E-state index contributed by atoms with van der Waals surface area (Å²) in [7, 11) is 0. The first-order chi connectivity index (χ1) is 6.42. The molecule has 2 nitrogen and oxygen atoms in total. The molecule has 0 radical (unpaired) electrons. The van der Waals surface area contributed by atoms with Gasteiger partial charge in [0, 0.05) is 6.54 Å². The Morgan fingerprint density at radius 3 is 2.33 bits per heavy atom. The molecule has 0 heterocycles. The molecule has 0 fully saturated rings. The lowest BCUT2D eigenvalue weighted by molar-refractivity contribution is -0.274. The van der Waals surface area contributed by atoms with Crippen LogP contribution in [0.25, 0.3) is 0 Å². The van der Waals surface area contributed by atoms with Crippen LogP contribution in [0, 0.1) is 0 Å². The molecule has 7 heteroatoms. The first kappa shape index (κ1) is 14.3. The summed E-state index contributed by atoms with van der Waals surface area (Å²) in [6.07, 6.45) is -4.73. The molecule has 0 saturated heterocycles. The van der Waals surface area contributed by atoms with Gasteiger partial charge in [0.25, 0.3) is 0 Å². The second-order valence-corrected chi connectivity index (χ2v) is 2.92. The van der Waals surface area contributed by atoms with Gasteiger partial charge in [0.1, 0.15) is 5.75 Å². The Morgan fingerprint density at radius 1 is 1.33 bits per heavy atom. The summed E-state index contributed by atoms with van der Waals surface area (Å²) in [4.78, 5) is 0. The van der Waals surface area contributed by atoms with Crippen molar-refractivity contribution in [3.63, 3.8) is 0 Å². The average molecular weight is 262 g/mol. The fourth-order valence-electron chi connectivity index (χ4n) is 0.879. The molecule has 0 atom stereocenters. The Balaban J connectivity index is 0.00000196. The summed E-state index contributed by atoms with van der Waals surface area (Å²) in [6, 6.07) is 3.90. The van der Waals surface area contributed by atoms with E-state index in [0.717, 1.165) is 6.07 Å². The molecule has 15 heavy (non-hydrogen) atoms. The summed E-state index contributed by atoms with van der Waals surface area (Å²) < 4.78 is 39.1. The summed E-state index contributed by atoms with van der Waals surface area (Å²) in [6.45, 7) is 0.214. The molecule has 0 aliphatic heterocycles. The van der Waals surface area contributed by atoms with Crippen molar-refractivity contribution in [2.45, 2.75) is 12.9 Å². The van der Waals surface area contributed by atoms with Crippen molar-refractivity contribution in [2.75, 3.05) is 0 Å². The molecule has 0 spiro atoms. The number of benzene rings is 1. The SMILES string of the molecule is Cl.NCc1ccc(OC(F)(F)F)c(Cl)c1. The first-order valence-electron chi connectivity index (χ1n) is 3.66. The van der Waals surface area contributed by atoms with Crippen LogP contribution in [0.4, 0.5) is 13.2 Å². The zero-order chi connectivity index (χ0) is 10.8. The van der Waals surface area contributed by atoms with Crippen LogP contribution in [0.2, 0.25) is 5.02 Å². The Labute approximate surface area is 95.6 Å². The number of nitrogens with two attached hydrogens (primary N) is 1. The van der Waals surface area contributed by atoms with Crippen molar-refractivity contribution in [3.05, 3.63) is 28.8 Å².